The molecule has 0 radical (unpaired) electrons. The molecule has 2 heteroatoms. The highest BCUT2D eigenvalue weighted by Gasteiger charge is 2.53. The Morgan fingerprint density at radius 3 is 1.82 bits per heavy atom. The molecule has 11 heavy (non-hydrogen) atoms. The van der Waals surface area contributed by atoms with Gasteiger partial charge in [-0.1, -0.05) is 19.3 Å². The second-order valence-corrected chi connectivity index (χ2v) is 3.67. The van der Waals surface area contributed by atoms with Crippen molar-refractivity contribution in [3.8, 4) is 0 Å². The molecule has 2 nitrogen and oxygen atoms in total. The Hall–Kier alpha value is -0.660. The number of carbonyl (C=O) groups excluding carboxylic acids is 2. The topological polar surface area (TPSA) is 34.1 Å². The molecular formula is C9H12O2. The van der Waals surface area contributed by atoms with Gasteiger partial charge < -0.3 is 0 Å². The number of ketones is 2. The molecule has 0 bridgehead atoms. The lowest BCUT2D eigenvalue weighted by atomic mass is 9.59. The third-order valence-corrected chi connectivity index (χ3v) is 3.10. The molecule has 2 aliphatic rings. The quantitative estimate of drug-likeness (QED) is 0.493. The minimum atomic E-state index is -0.460. The van der Waals surface area contributed by atoms with Crippen molar-refractivity contribution in [2.24, 2.45) is 5.41 Å². The van der Waals surface area contributed by atoms with Crippen LogP contribution in [0, 0.1) is 5.41 Å². The highest BCUT2D eigenvalue weighted by molar-refractivity contribution is 6.24. The first kappa shape index (κ1) is 7.01. The minimum Gasteiger partial charge on any atom is -0.298 e. The van der Waals surface area contributed by atoms with E-state index in [4.69, 9.17) is 0 Å². The predicted octanol–water partition coefficient (Wildman–Crippen LogP) is 1.48. The van der Waals surface area contributed by atoms with Crippen LogP contribution >= 0.6 is 0 Å². The lowest BCUT2D eigenvalue weighted by Crippen LogP contribution is -2.51. The predicted molar refractivity (Wildman–Crippen MR) is 40.1 cm³/mol. The molecule has 0 amide bonds. The van der Waals surface area contributed by atoms with Gasteiger partial charge in [0, 0.05) is 0 Å². The van der Waals surface area contributed by atoms with Gasteiger partial charge in [0.25, 0.3) is 0 Å². The largest absolute Gasteiger partial charge is 0.298 e. The van der Waals surface area contributed by atoms with E-state index in [9.17, 15) is 9.59 Å². The molecule has 0 saturated heterocycles. The van der Waals surface area contributed by atoms with Gasteiger partial charge in [0.15, 0.2) is 11.6 Å². The standard InChI is InChI=1S/C9H12O2/c10-7-6-8(11)9(7)4-2-1-3-5-9/h1-6H2. The second-order valence-electron chi connectivity index (χ2n) is 3.67. The Labute approximate surface area is 66.0 Å². The van der Waals surface area contributed by atoms with Crippen molar-refractivity contribution in [2.75, 3.05) is 0 Å². The van der Waals surface area contributed by atoms with Gasteiger partial charge in [-0.3, -0.25) is 9.59 Å². The molecule has 0 atom stereocenters. The molecule has 0 aliphatic heterocycles. The van der Waals surface area contributed by atoms with E-state index in [2.05, 4.69) is 0 Å². The van der Waals surface area contributed by atoms with E-state index in [-0.39, 0.29) is 18.0 Å². The number of Topliss-reactive ketones (excluding diaryl/α,β-unsaturated/α-hetero) is 2. The summed E-state index contributed by atoms with van der Waals surface area (Å²) in [5.41, 5.74) is -0.460. The maximum atomic E-state index is 11.2. The fraction of sp³-hybridized carbons (Fsp3) is 0.778. The van der Waals surface area contributed by atoms with E-state index < -0.39 is 5.41 Å². The van der Waals surface area contributed by atoms with Crippen LogP contribution in [-0.2, 0) is 9.59 Å². The Bertz CT molecular complexity index is 196. The van der Waals surface area contributed by atoms with Crippen molar-refractivity contribution < 1.29 is 9.59 Å². The summed E-state index contributed by atoms with van der Waals surface area (Å²) in [6.07, 6.45) is 5.23. The lowest BCUT2D eigenvalue weighted by Gasteiger charge is -2.40. The highest BCUT2D eigenvalue weighted by atomic mass is 16.2. The summed E-state index contributed by atoms with van der Waals surface area (Å²) < 4.78 is 0. The van der Waals surface area contributed by atoms with E-state index in [1.165, 1.54) is 6.42 Å². The molecule has 2 rings (SSSR count). The summed E-state index contributed by atoms with van der Waals surface area (Å²) in [6.45, 7) is 0. The Balaban J connectivity index is 2.19. The SMILES string of the molecule is O=C1CC(=O)C12CCCCC2. The van der Waals surface area contributed by atoms with Crippen molar-refractivity contribution >= 4 is 11.6 Å². The summed E-state index contributed by atoms with van der Waals surface area (Å²) in [5, 5.41) is 0. The summed E-state index contributed by atoms with van der Waals surface area (Å²) >= 11 is 0. The Morgan fingerprint density at radius 1 is 0.909 bits per heavy atom. The van der Waals surface area contributed by atoms with Crippen molar-refractivity contribution in [3.05, 3.63) is 0 Å². The molecule has 1 spiro atoms. The van der Waals surface area contributed by atoms with Crippen molar-refractivity contribution in [3.63, 3.8) is 0 Å². The van der Waals surface area contributed by atoms with E-state index in [1.54, 1.807) is 0 Å². The Morgan fingerprint density at radius 2 is 1.45 bits per heavy atom. The molecule has 2 saturated carbocycles. The molecule has 0 N–H and O–H groups in total. The highest BCUT2D eigenvalue weighted by Crippen LogP contribution is 2.45. The fourth-order valence-corrected chi connectivity index (χ4v) is 2.25. The van der Waals surface area contributed by atoms with Gasteiger partial charge in [-0.2, -0.15) is 0 Å². The van der Waals surface area contributed by atoms with E-state index in [0.717, 1.165) is 25.7 Å². The summed E-state index contributed by atoms with van der Waals surface area (Å²) in [5.74, 6) is 0.421. The van der Waals surface area contributed by atoms with Crippen LogP contribution in [0.5, 0.6) is 0 Å². The van der Waals surface area contributed by atoms with Gasteiger partial charge in [0.2, 0.25) is 0 Å². The maximum Gasteiger partial charge on any atom is 0.153 e. The van der Waals surface area contributed by atoms with Crippen LogP contribution in [0.25, 0.3) is 0 Å². The zero-order valence-corrected chi connectivity index (χ0v) is 6.56. The first-order valence-electron chi connectivity index (χ1n) is 4.32. The zero-order chi connectivity index (χ0) is 7.90. The van der Waals surface area contributed by atoms with Crippen LogP contribution < -0.4 is 0 Å². The first-order chi connectivity index (χ1) is 5.26. The van der Waals surface area contributed by atoms with Crippen LogP contribution in [0.3, 0.4) is 0 Å². The van der Waals surface area contributed by atoms with Crippen molar-refractivity contribution in [2.45, 2.75) is 38.5 Å². The third-order valence-electron chi connectivity index (χ3n) is 3.10. The molecule has 0 aromatic rings. The van der Waals surface area contributed by atoms with E-state index in [1.807, 2.05) is 0 Å². The molecule has 2 aliphatic carbocycles. The molecule has 60 valence electrons. The smallest absolute Gasteiger partial charge is 0.153 e. The maximum absolute atomic E-state index is 11.2. The van der Waals surface area contributed by atoms with Crippen LogP contribution in [0.15, 0.2) is 0 Å². The van der Waals surface area contributed by atoms with Gasteiger partial charge >= 0.3 is 0 Å². The van der Waals surface area contributed by atoms with Crippen LogP contribution in [0.2, 0.25) is 0 Å². The van der Waals surface area contributed by atoms with Gasteiger partial charge in [-0.25, -0.2) is 0 Å². The van der Waals surface area contributed by atoms with Gasteiger partial charge in [0.1, 0.15) is 0 Å². The van der Waals surface area contributed by atoms with Crippen molar-refractivity contribution in [1.82, 2.24) is 0 Å². The molecule has 2 fully saturated rings. The average molecular weight is 152 g/mol. The summed E-state index contributed by atoms with van der Waals surface area (Å²) in [4.78, 5) is 22.4. The lowest BCUT2D eigenvalue weighted by molar-refractivity contribution is -0.155. The Kier molecular flexibility index (Phi) is 1.38. The average Bonchev–Trinajstić information content (AvgIpc) is 2.07. The monoisotopic (exact) mass is 152 g/mol. The van der Waals surface area contributed by atoms with Crippen LogP contribution in [0.1, 0.15) is 38.5 Å². The number of rotatable bonds is 0. The second kappa shape index (κ2) is 2.16. The third kappa shape index (κ3) is 0.784. The van der Waals surface area contributed by atoms with Gasteiger partial charge in [0.05, 0.1) is 11.8 Å². The normalized spacial score (nSPS) is 28.7. The van der Waals surface area contributed by atoms with Crippen LogP contribution in [0.4, 0.5) is 0 Å². The van der Waals surface area contributed by atoms with Crippen molar-refractivity contribution in [1.29, 1.82) is 0 Å². The molecule has 0 aromatic heterocycles. The van der Waals surface area contributed by atoms with Gasteiger partial charge in [-0.15, -0.1) is 0 Å². The molecule has 0 aromatic carbocycles. The van der Waals surface area contributed by atoms with E-state index >= 15 is 0 Å². The fourth-order valence-electron chi connectivity index (χ4n) is 2.25. The zero-order valence-electron chi connectivity index (χ0n) is 6.56. The number of carbonyl (C=O) groups is 2. The number of hydrogen-bond donors (Lipinski definition) is 0. The summed E-state index contributed by atoms with van der Waals surface area (Å²) in [7, 11) is 0. The molecule has 0 unspecified atom stereocenters. The number of hydrogen-bond acceptors (Lipinski definition) is 2. The van der Waals surface area contributed by atoms with Crippen LogP contribution in [-0.4, -0.2) is 11.6 Å². The molecule has 0 heterocycles. The summed E-state index contributed by atoms with van der Waals surface area (Å²) in [6, 6.07) is 0. The van der Waals surface area contributed by atoms with E-state index in [0.29, 0.717) is 0 Å². The molecular weight excluding hydrogens is 140 g/mol. The van der Waals surface area contributed by atoms with Gasteiger partial charge in [-0.05, 0) is 12.8 Å². The minimum absolute atomic E-state index is 0.210. The first-order valence-corrected chi connectivity index (χ1v) is 4.32.